The molecular weight excluding hydrogens is 306 g/mol. The average molecular weight is 330 g/mol. The number of carbonyl (C=O) groups excluding carboxylic acids is 2. The molecule has 0 unspecified atom stereocenters. The number of anilines is 1. The molecule has 0 atom stereocenters. The molecule has 6 nitrogen and oxygen atoms in total. The van der Waals surface area contributed by atoms with Gasteiger partial charge >= 0.3 is 5.97 Å². The number of amides is 1. The highest BCUT2D eigenvalue weighted by molar-refractivity contribution is 6.11. The summed E-state index contributed by atoms with van der Waals surface area (Å²) in [5.74, 6) is -0.550. The predicted molar refractivity (Wildman–Crippen MR) is 92.4 cm³/mol. The highest BCUT2D eigenvalue weighted by Gasteiger charge is 2.21. The van der Waals surface area contributed by atoms with Gasteiger partial charge in [-0.1, -0.05) is 11.6 Å². The van der Waals surface area contributed by atoms with E-state index >= 15 is 0 Å². The van der Waals surface area contributed by atoms with Gasteiger partial charge in [0, 0.05) is 23.7 Å². The fourth-order valence-corrected chi connectivity index (χ4v) is 3.31. The Balaban J connectivity index is 1.81. The number of quaternary nitrogens is 1. The average Bonchev–Trinajstić information content (AvgIpc) is 3.20. The van der Waals surface area contributed by atoms with Gasteiger partial charge in [-0.3, -0.25) is 4.79 Å². The van der Waals surface area contributed by atoms with Crippen LogP contribution in [0.2, 0.25) is 0 Å². The van der Waals surface area contributed by atoms with Crippen LogP contribution in [-0.2, 0) is 9.53 Å². The standard InChI is InChI=1S/C18H23N3O3/c1-12-5-6-14-13(11-12)16(17(19-14)18(23)24-2)20-15(22)7-10-21-8-3-4-9-21/h5-6,11,19H,3-4,7-10H2,1-2H3,(H,20,22)/p+1. The second-order valence-electron chi connectivity index (χ2n) is 6.42. The first-order valence-corrected chi connectivity index (χ1v) is 8.42. The fourth-order valence-electron chi connectivity index (χ4n) is 3.31. The van der Waals surface area contributed by atoms with Crippen molar-refractivity contribution in [3.05, 3.63) is 29.5 Å². The summed E-state index contributed by atoms with van der Waals surface area (Å²) in [5, 5.41) is 3.75. The van der Waals surface area contributed by atoms with E-state index in [4.69, 9.17) is 4.74 Å². The van der Waals surface area contributed by atoms with E-state index in [2.05, 4.69) is 10.3 Å². The highest BCUT2D eigenvalue weighted by atomic mass is 16.5. The van der Waals surface area contributed by atoms with Crippen molar-refractivity contribution in [1.29, 1.82) is 0 Å². The van der Waals surface area contributed by atoms with Crippen molar-refractivity contribution in [1.82, 2.24) is 4.98 Å². The smallest absolute Gasteiger partial charge is 0.356 e. The number of aromatic amines is 1. The maximum Gasteiger partial charge on any atom is 0.356 e. The van der Waals surface area contributed by atoms with Crippen LogP contribution in [-0.4, -0.2) is 43.6 Å². The molecule has 1 aliphatic heterocycles. The molecular formula is C18H24N3O3+. The number of hydrogen-bond acceptors (Lipinski definition) is 3. The molecule has 2 aromatic rings. The summed E-state index contributed by atoms with van der Waals surface area (Å²) in [6.07, 6.45) is 2.94. The Morgan fingerprint density at radius 1 is 1.29 bits per heavy atom. The maximum absolute atomic E-state index is 12.4. The second kappa shape index (κ2) is 7.05. The Kier molecular flexibility index (Phi) is 4.85. The minimum Gasteiger partial charge on any atom is -0.464 e. The first-order chi connectivity index (χ1) is 11.6. The number of benzene rings is 1. The molecule has 1 aliphatic rings. The van der Waals surface area contributed by atoms with Gasteiger partial charge in [0.15, 0.2) is 0 Å². The number of carbonyl (C=O) groups is 2. The molecule has 6 heteroatoms. The molecule has 0 bridgehead atoms. The first kappa shape index (κ1) is 16.5. The number of aromatic nitrogens is 1. The van der Waals surface area contributed by atoms with E-state index in [9.17, 15) is 9.59 Å². The third-order valence-electron chi connectivity index (χ3n) is 4.62. The minimum atomic E-state index is -0.482. The largest absolute Gasteiger partial charge is 0.464 e. The summed E-state index contributed by atoms with van der Waals surface area (Å²) in [6.45, 7) is 5.10. The number of hydrogen-bond donors (Lipinski definition) is 3. The lowest BCUT2D eigenvalue weighted by Crippen LogP contribution is -3.10. The quantitative estimate of drug-likeness (QED) is 0.723. The molecule has 3 N–H and O–H groups in total. The molecule has 24 heavy (non-hydrogen) atoms. The van der Waals surface area contributed by atoms with Crippen LogP contribution in [0.5, 0.6) is 0 Å². The summed E-state index contributed by atoms with van der Waals surface area (Å²) in [7, 11) is 1.33. The SMILES string of the molecule is COC(=O)c1[nH]c2ccc(C)cc2c1NC(=O)CC[NH+]1CCCC1. The number of rotatable bonds is 5. The van der Waals surface area contributed by atoms with Gasteiger partial charge in [-0.2, -0.15) is 0 Å². The maximum atomic E-state index is 12.4. The van der Waals surface area contributed by atoms with Crippen LogP contribution in [0.25, 0.3) is 10.9 Å². The fraction of sp³-hybridized carbons (Fsp3) is 0.444. The van der Waals surface area contributed by atoms with Crippen molar-refractivity contribution in [2.45, 2.75) is 26.2 Å². The molecule has 3 rings (SSSR count). The monoisotopic (exact) mass is 330 g/mol. The van der Waals surface area contributed by atoms with Crippen LogP contribution in [0.15, 0.2) is 18.2 Å². The van der Waals surface area contributed by atoms with E-state index in [1.807, 2.05) is 25.1 Å². The third-order valence-corrected chi connectivity index (χ3v) is 4.62. The van der Waals surface area contributed by atoms with E-state index in [0.29, 0.717) is 17.8 Å². The lowest BCUT2D eigenvalue weighted by Gasteiger charge is -2.12. The summed E-state index contributed by atoms with van der Waals surface area (Å²) in [6, 6.07) is 5.82. The van der Waals surface area contributed by atoms with Crippen molar-refractivity contribution in [2.75, 3.05) is 32.1 Å². The van der Waals surface area contributed by atoms with Gasteiger partial charge in [0.25, 0.3) is 0 Å². The van der Waals surface area contributed by atoms with Crippen molar-refractivity contribution in [2.24, 2.45) is 0 Å². The van der Waals surface area contributed by atoms with Crippen molar-refractivity contribution < 1.29 is 19.2 Å². The molecule has 0 saturated carbocycles. The Hall–Kier alpha value is -2.34. The Bertz CT molecular complexity index is 760. The van der Waals surface area contributed by atoms with Gasteiger partial charge in [-0.05, 0) is 19.1 Å². The van der Waals surface area contributed by atoms with E-state index < -0.39 is 5.97 Å². The number of ether oxygens (including phenoxy) is 1. The lowest BCUT2D eigenvalue weighted by atomic mass is 10.1. The number of H-pyrrole nitrogens is 1. The third kappa shape index (κ3) is 3.43. The number of fused-ring (bicyclic) bond motifs is 1. The summed E-state index contributed by atoms with van der Waals surface area (Å²) in [4.78, 5) is 28.9. The lowest BCUT2D eigenvalue weighted by molar-refractivity contribution is -0.886. The molecule has 0 spiro atoms. The highest BCUT2D eigenvalue weighted by Crippen LogP contribution is 2.29. The molecule has 1 aromatic heterocycles. The Labute approximate surface area is 141 Å². The minimum absolute atomic E-state index is 0.0676. The zero-order valence-electron chi connectivity index (χ0n) is 14.2. The van der Waals surface area contributed by atoms with Crippen LogP contribution < -0.4 is 10.2 Å². The summed E-state index contributed by atoms with van der Waals surface area (Å²) < 4.78 is 4.83. The Morgan fingerprint density at radius 2 is 2.04 bits per heavy atom. The van der Waals surface area contributed by atoms with Gasteiger partial charge in [-0.15, -0.1) is 0 Å². The van der Waals surface area contributed by atoms with Crippen LogP contribution >= 0.6 is 0 Å². The summed E-state index contributed by atoms with van der Waals surface area (Å²) in [5.41, 5.74) is 2.68. The number of aryl methyl sites for hydroxylation is 1. The number of methoxy groups -OCH3 is 1. The first-order valence-electron chi connectivity index (χ1n) is 8.42. The van der Waals surface area contributed by atoms with Crippen LogP contribution in [0.4, 0.5) is 5.69 Å². The van der Waals surface area contributed by atoms with Gasteiger partial charge in [0.05, 0.1) is 38.9 Å². The van der Waals surface area contributed by atoms with Crippen LogP contribution in [0.1, 0.15) is 35.3 Å². The molecule has 1 saturated heterocycles. The molecule has 2 heterocycles. The Morgan fingerprint density at radius 3 is 2.75 bits per heavy atom. The number of likely N-dealkylation sites (tertiary alicyclic amines) is 1. The molecule has 1 amide bonds. The van der Waals surface area contributed by atoms with Crippen LogP contribution in [0.3, 0.4) is 0 Å². The molecule has 1 fully saturated rings. The van der Waals surface area contributed by atoms with Crippen molar-refractivity contribution >= 4 is 28.5 Å². The molecule has 128 valence electrons. The van der Waals surface area contributed by atoms with E-state index in [-0.39, 0.29) is 5.91 Å². The summed E-state index contributed by atoms with van der Waals surface area (Å²) >= 11 is 0. The molecule has 0 aliphatic carbocycles. The normalized spacial score (nSPS) is 14.9. The van der Waals surface area contributed by atoms with Gasteiger partial charge in [0.1, 0.15) is 5.69 Å². The predicted octanol–water partition coefficient (Wildman–Crippen LogP) is 1.27. The van der Waals surface area contributed by atoms with Crippen molar-refractivity contribution in [3.63, 3.8) is 0 Å². The van der Waals surface area contributed by atoms with Crippen LogP contribution in [0, 0.1) is 6.92 Å². The second-order valence-corrected chi connectivity index (χ2v) is 6.42. The van der Waals surface area contributed by atoms with Gasteiger partial charge < -0.3 is 19.9 Å². The van der Waals surface area contributed by atoms with E-state index in [0.717, 1.165) is 36.1 Å². The van der Waals surface area contributed by atoms with Gasteiger partial charge in [-0.25, -0.2) is 4.79 Å². The zero-order valence-corrected chi connectivity index (χ0v) is 14.2. The van der Waals surface area contributed by atoms with Crippen molar-refractivity contribution in [3.8, 4) is 0 Å². The zero-order chi connectivity index (χ0) is 17.1. The topological polar surface area (TPSA) is 75.6 Å². The molecule has 0 radical (unpaired) electrons. The van der Waals surface area contributed by atoms with Gasteiger partial charge in [0.2, 0.25) is 5.91 Å². The number of nitrogens with one attached hydrogen (secondary N) is 3. The van der Waals surface area contributed by atoms with E-state index in [1.54, 1.807) is 0 Å². The van der Waals surface area contributed by atoms with E-state index in [1.165, 1.54) is 24.9 Å². The number of esters is 1. The molecule has 1 aromatic carbocycles.